The zero-order valence-corrected chi connectivity index (χ0v) is 16.3. The fourth-order valence-electron chi connectivity index (χ4n) is 2.59. The number of esters is 1. The minimum absolute atomic E-state index is 0.128. The van der Waals surface area contributed by atoms with Gasteiger partial charge in [0.25, 0.3) is 0 Å². The number of methoxy groups -OCH3 is 2. The number of aliphatic imine (C=N–C) groups is 1. The smallest absolute Gasteiger partial charge is 0.305 e. The average Bonchev–Trinajstić information content (AvgIpc) is 2.67. The van der Waals surface area contributed by atoms with E-state index in [1.807, 2.05) is 18.2 Å². The molecule has 0 bridgehead atoms. The van der Waals surface area contributed by atoms with E-state index in [2.05, 4.69) is 33.4 Å². The van der Waals surface area contributed by atoms with E-state index in [9.17, 15) is 4.79 Å². The molecule has 6 nitrogen and oxygen atoms in total. The van der Waals surface area contributed by atoms with Crippen molar-refractivity contribution in [2.45, 2.75) is 45.4 Å². The Hall–Kier alpha value is -2.24. The van der Waals surface area contributed by atoms with Gasteiger partial charge in [0.1, 0.15) is 5.75 Å². The van der Waals surface area contributed by atoms with Gasteiger partial charge in [-0.3, -0.25) is 9.79 Å². The van der Waals surface area contributed by atoms with E-state index in [1.165, 1.54) is 12.7 Å². The lowest BCUT2D eigenvalue weighted by Gasteiger charge is -2.12. The molecule has 0 fully saturated rings. The fourth-order valence-corrected chi connectivity index (χ4v) is 2.59. The van der Waals surface area contributed by atoms with Crippen LogP contribution < -0.4 is 15.4 Å². The van der Waals surface area contributed by atoms with Crippen LogP contribution in [0.15, 0.2) is 29.3 Å². The van der Waals surface area contributed by atoms with Gasteiger partial charge in [0, 0.05) is 26.1 Å². The highest BCUT2D eigenvalue weighted by molar-refractivity contribution is 5.79. The Morgan fingerprint density at radius 2 is 1.85 bits per heavy atom. The van der Waals surface area contributed by atoms with Crippen molar-refractivity contribution in [3.8, 4) is 5.75 Å². The van der Waals surface area contributed by atoms with E-state index in [1.54, 1.807) is 7.11 Å². The molecule has 146 valence electrons. The van der Waals surface area contributed by atoms with Crippen LogP contribution in [0.1, 0.15) is 44.6 Å². The Bertz CT molecular complexity index is 547. The van der Waals surface area contributed by atoms with Gasteiger partial charge in [-0.15, -0.1) is 0 Å². The lowest BCUT2D eigenvalue weighted by atomic mass is 10.1. The van der Waals surface area contributed by atoms with Crippen molar-refractivity contribution in [1.82, 2.24) is 10.6 Å². The Kier molecular flexibility index (Phi) is 11.7. The van der Waals surface area contributed by atoms with Gasteiger partial charge in [0.2, 0.25) is 0 Å². The van der Waals surface area contributed by atoms with Crippen LogP contribution in [0.2, 0.25) is 0 Å². The number of ether oxygens (including phenoxy) is 2. The highest BCUT2D eigenvalue weighted by Crippen LogP contribution is 2.17. The van der Waals surface area contributed by atoms with E-state index in [0.717, 1.165) is 63.4 Å². The average molecular weight is 364 g/mol. The number of guanidine groups is 1. The first kappa shape index (κ1) is 21.8. The molecule has 26 heavy (non-hydrogen) atoms. The highest BCUT2D eigenvalue weighted by Gasteiger charge is 2.03. The fraction of sp³-hybridized carbons (Fsp3) is 0.600. The third-order valence-electron chi connectivity index (χ3n) is 4.01. The summed E-state index contributed by atoms with van der Waals surface area (Å²) in [6.07, 6.45) is 5.39. The molecule has 0 heterocycles. The minimum atomic E-state index is -0.128. The van der Waals surface area contributed by atoms with Gasteiger partial charge in [-0.05, 0) is 37.8 Å². The number of benzene rings is 1. The first-order chi connectivity index (χ1) is 12.7. The standard InChI is InChI=1S/C20H33N3O3/c1-4-21-20(22-15-10-6-5-7-13-19(24)26-3)23-16-14-17-11-8-9-12-18(17)25-2/h8-9,11-12H,4-7,10,13-16H2,1-3H3,(H2,21,22,23). The number of nitrogens with one attached hydrogen (secondary N) is 2. The second-order valence-electron chi connectivity index (χ2n) is 5.99. The van der Waals surface area contributed by atoms with Gasteiger partial charge in [0.15, 0.2) is 5.96 Å². The molecule has 0 spiro atoms. The van der Waals surface area contributed by atoms with Crippen molar-refractivity contribution in [1.29, 1.82) is 0 Å². The molecular weight excluding hydrogens is 330 g/mol. The van der Waals surface area contributed by atoms with E-state index in [0.29, 0.717) is 6.42 Å². The van der Waals surface area contributed by atoms with Gasteiger partial charge in [-0.25, -0.2) is 0 Å². The van der Waals surface area contributed by atoms with Gasteiger partial charge in [-0.1, -0.05) is 31.0 Å². The second-order valence-corrected chi connectivity index (χ2v) is 5.99. The molecule has 0 aliphatic rings. The van der Waals surface area contributed by atoms with E-state index in [4.69, 9.17) is 4.74 Å². The number of unbranched alkanes of at least 4 members (excludes halogenated alkanes) is 3. The maximum Gasteiger partial charge on any atom is 0.305 e. The Morgan fingerprint density at radius 3 is 2.58 bits per heavy atom. The number of hydrogen-bond acceptors (Lipinski definition) is 4. The summed E-state index contributed by atoms with van der Waals surface area (Å²) in [4.78, 5) is 15.6. The molecule has 0 aliphatic carbocycles. The summed E-state index contributed by atoms with van der Waals surface area (Å²) < 4.78 is 10.0. The number of carbonyl (C=O) groups excluding carboxylic acids is 1. The highest BCUT2D eigenvalue weighted by atomic mass is 16.5. The molecule has 6 heteroatoms. The van der Waals surface area contributed by atoms with Gasteiger partial charge in [0.05, 0.1) is 14.2 Å². The maximum atomic E-state index is 11.0. The van der Waals surface area contributed by atoms with Crippen LogP contribution in [0.4, 0.5) is 0 Å². The van der Waals surface area contributed by atoms with E-state index < -0.39 is 0 Å². The molecule has 1 rings (SSSR count). The third-order valence-corrected chi connectivity index (χ3v) is 4.01. The molecule has 0 aliphatic heterocycles. The maximum absolute atomic E-state index is 11.0. The SMILES string of the molecule is CCNC(=NCCCCCCC(=O)OC)NCCc1ccccc1OC. The van der Waals surface area contributed by atoms with Crippen molar-refractivity contribution >= 4 is 11.9 Å². The zero-order valence-electron chi connectivity index (χ0n) is 16.3. The molecule has 0 amide bonds. The predicted molar refractivity (Wildman–Crippen MR) is 106 cm³/mol. The van der Waals surface area contributed by atoms with Crippen LogP contribution in [0.3, 0.4) is 0 Å². The monoisotopic (exact) mass is 363 g/mol. The summed E-state index contributed by atoms with van der Waals surface area (Å²) in [6, 6.07) is 8.07. The summed E-state index contributed by atoms with van der Waals surface area (Å²) in [5, 5.41) is 6.64. The summed E-state index contributed by atoms with van der Waals surface area (Å²) in [5.74, 6) is 1.64. The van der Waals surface area contributed by atoms with Crippen LogP contribution >= 0.6 is 0 Å². The summed E-state index contributed by atoms with van der Waals surface area (Å²) in [7, 11) is 3.13. The molecule has 0 saturated heterocycles. The minimum Gasteiger partial charge on any atom is -0.496 e. The first-order valence-corrected chi connectivity index (χ1v) is 9.42. The molecule has 0 aromatic heterocycles. The van der Waals surface area contributed by atoms with Crippen LogP contribution in [0.25, 0.3) is 0 Å². The predicted octanol–water partition coefficient (Wildman–Crippen LogP) is 2.92. The number of rotatable bonds is 12. The van der Waals surface area contributed by atoms with Crippen molar-refractivity contribution in [2.24, 2.45) is 4.99 Å². The normalized spacial score (nSPS) is 11.1. The van der Waals surface area contributed by atoms with Crippen molar-refractivity contribution in [3.63, 3.8) is 0 Å². The molecule has 0 radical (unpaired) electrons. The van der Waals surface area contributed by atoms with Gasteiger partial charge >= 0.3 is 5.97 Å². The molecule has 1 aromatic rings. The number of carbonyl (C=O) groups is 1. The van der Waals surface area contributed by atoms with Crippen molar-refractivity contribution < 1.29 is 14.3 Å². The quantitative estimate of drug-likeness (QED) is 0.259. The molecule has 1 aromatic carbocycles. The lowest BCUT2D eigenvalue weighted by molar-refractivity contribution is -0.140. The number of nitrogens with zero attached hydrogens (tertiary/aromatic N) is 1. The first-order valence-electron chi connectivity index (χ1n) is 9.42. The van der Waals surface area contributed by atoms with Crippen LogP contribution in [-0.2, 0) is 16.0 Å². The molecular formula is C20H33N3O3. The van der Waals surface area contributed by atoms with Gasteiger partial charge in [-0.2, -0.15) is 0 Å². The van der Waals surface area contributed by atoms with Crippen LogP contribution in [-0.4, -0.2) is 45.8 Å². The van der Waals surface area contributed by atoms with E-state index in [-0.39, 0.29) is 5.97 Å². The summed E-state index contributed by atoms with van der Waals surface area (Å²) in [5.41, 5.74) is 1.18. The van der Waals surface area contributed by atoms with E-state index >= 15 is 0 Å². The topological polar surface area (TPSA) is 72.0 Å². The molecule has 2 N–H and O–H groups in total. The molecule has 0 unspecified atom stereocenters. The lowest BCUT2D eigenvalue weighted by Crippen LogP contribution is -2.38. The summed E-state index contributed by atoms with van der Waals surface area (Å²) in [6.45, 7) is 4.47. The third kappa shape index (κ3) is 9.30. The number of para-hydroxylation sites is 1. The van der Waals surface area contributed by atoms with Crippen LogP contribution in [0.5, 0.6) is 5.75 Å². The molecule has 0 saturated carbocycles. The Balaban J connectivity index is 2.27. The number of hydrogen-bond donors (Lipinski definition) is 2. The zero-order chi connectivity index (χ0) is 19.0. The van der Waals surface area contributed by atoms with Crippen molar-refractivity contribution in [2.75, 3.05) is 33.9 Å². The Labute approximate surface area is 157 Å². The van der Waals surface area contributed by atoms with Crippen molar-refractivity contribution in [3.05, 3.63) is 29.8 Å². The molecule has 0 atom stereocenters. The van der Waals surface area contributed by atoms with Gasteiger partial charge < -0.3 is 20.1 Å². The largest absolute Gasteiger partial charge is 0.496 e. The van der Waals surface area contributed by atoms with Crippen LogP contribution in [0, 0.1) is 0 Å². The second kappa shape index (κ2) is 14.0. The Morgan fingerprint density at radius 1 is 1.08 bits per heavy atom. The summed E-state index contributed by atoms with van der Waals surface area (Å²) >= 11 is 0.